The van der Waals surface area contributed by atoms with Gasteiger partial charge in [-0.25, -0.2) is 0 Å². The average Bonchev–Trinajstić information content (AvgIpc) is 2.64. The second kappa shape index (κ2) is 7.34. The fraction of sp³-hybridized carbons (Fsp3) is 0.316. The molecular formula is C19H22N4O2. The van der Waals surface area contributed by atoms with Gasteiger partial charge in [0.25, 0.3) is 5.91 Å². The van der Waals surface area contributed by atoms with Crippen LogP contribution < -0.4 is 10.2 Å². The van der Waals surface area contributed by atoms with Gasteiger partial charge in [0.2, 0.25) is 5.91 Å². The molecule has 1 N–H and O–H groups in total. The number of pyridine rings is 1. The van der Waals surface area contributed by atoms with Crippen LogP contribution in [0.4, 0.5) is 11.4 Å². The first-order valence-corrected chi connectivity index (χ1v) is 8.37. The van der Waals surface area contributed by atoms with E-state index in [1.54, 1.807) is 19.2 Å². The fourth-order valence-corrected chi connectivity index (χ4v) is 2.85. The van der Waals surface area contributed by atoms with Gasteiger partial charge in [0, 0.05) is 50.7 Å². The molecule has 1 fully saturated rings. The smallest absolute Gasteiger partial charge is 0.274 e. The maximum atomic E-state index is 12.4. The van der Waals surface area contributed by atoms with E-state index in [4.69, 9.17) is 0 Å². The van der Waals surface area contributed by atoms with E-state index in [0.717, 1.165) is 30.0 Å². The Bertz CT molecular complexity index is 765. The third-order valence-corrected chi connectivity index (χ3v) is 4.38. The predicted molar refractivity (Wildman–Crippen MR) is 97.8 cm³/mol. The normalized spacial score (nSPS) is 14.3. The second-order valence-corrected chi connectivity index (χ2v) is 6.21. The predicted octanol–water partition coefficient (Wildman–Crippen LogP) is 2.31. The van der Waals surface area contributed by atoms with Gasteiger partial charge in [0.05, 0.1) is 0 Å². The SMILES string of the molecule is CC(=O)N1CCN(c2ccnc(C(=O)Nc3ccc(C)cc3)c2)CC1. The number of carbonyl (C=O) groups excluding carboxylic acids is 2. The van der Waals surface area contributed by atoms with Crippen LogP contribution in [0.15, 0.2) is 42.6 Å². The van der Waals surface area contributed by atoms with Gasteiger partial charge in [-0.1, -0.05) is 17.7 Å². The highest BCUT2D eigenvalue weighted by molar-refractivity contribution is 6.03. The molecule has 6 heteroatoms. The number of benzene rings is 1. The molecule has 0 bridgehead atoms. The number of anilines is 2. The van der Waals surface area contributed by atoms with Crippen molar-refractivity contribution < 1.29 is 9.59 Å². The van der Waals surface area contributed by atoms with Crippen LogP contribution in [0.1, 0.15) is 23.0 Å². The number of hydrogen-bond donors (Lipinski definition) is 1. The first-order valence-electron chi connectivity index (χ1n) is 8.37. The van der Waals surface area contributed by atoms with E-state index in [9.17, 15) is 9.59 Å². The van der Waals surface area contributed by atoms with Crippen LogP contribution in [-0.2, 0) is 4.79 Å². The molecule has 2 aromatic rings. The molecule has 0 saturated carbocycles. The van der Waals surface area contributed by atoms with Crippen molar-refractivity contribution in [2.75, 3.05) is 36.4 Å². The Balaban J connectivity index is 1.68. The number of amides is 2. The van der Waals surface area contributed by atoms with E-state index in [0.29, 0.717) is 18.8 Å². The minimum atomic E-state index is -0.229. The standard InChI is InChI=1S/C19H22N4O2/c1-14-3-5-16(6-4-14)21-19(25)18-13-17(7-8-20-18)23-11-9-22(10-12-23)15(2)24/h3-8,13H,9-12H2,1-2H3,(H,21,25). The number of aromatic nitrogens is 1. The topological polar surface area (TPSA) is 65.5 Å². The van der Waals surface area contributed by atoms with Crippen molar-refractivity contribution in [3.63, 3.8) is 0 Å². The molecule has 3 rings (SSSR count). The maximum Gasteiger partial charge on any atom is 0.274 e. The molecule has 1 aromatic heterocycles. The lowest BCUT2D eigenvalue weighted by atomic mass is 10.2. The van der Waals surface area contributed by atoms with Gasteiger partial charge in [-0.2, -0.15) is 0 Å². The molecule has 1 aliphatic rings. The molecule has 0 spiro atoms. The number of rotatable bonds is 3. The van der Waals surface area contributed by atoms with E-state index in [-0.39, 0.29) is 11.8 Å². The summed E-state index contributed by atoms with van der Waals surface area (Å²) in [6.45, 7) is 6.49. The van der Waals surface area contributed by atoms with E-state index in [2.05, 4.69) is 15.2 Å². The highest BCUT2D eigenvalue weighted by atomic mass is 16.2. The Labute approximate surface area is 147 Å². The summed E-state index contributed by atoms with van der Waals surface area (Å²) in [5, 5.41) is 2.86. The van der Waals surface area contributed by atoms with Gasteiger partial charge in [-0.05, 0) is 31.2 Å². The molecule has 6 nitrogen and oxygen atoms in total. The minimum Gasteiger partial charge on any atom is -0.368 e. The first-order chi connectivity index (χ1) is 12.0. The number of nitrogens with zero attached hydrogens (tertiary/aromatic N) is 3. The number of carbonyl (C=O) groups is 2. The largest absolute Gasteiger partial charge is 0.368 e. The molecule has 1 aliphatic heterocycles. The van der Waals surface area contributed by atoms with Crippen molar-refractivity contribution in [1.82, 2.24) is 9.88 Å². The van der Waals surface area contributed by atoms with E-state index >= 15 is 0 Å². The van der Waals surface area contributed by atoms with Crippen LogP contribution in [0, 0.1) is 6.92 Å². The lowest BCUT2D eigenvalue weighted by Gasteiger charge is -2.35. The molecule has 0 atom stereocenters. The highest BCUT2D eigenvalue weighted by Crippen LogP contribution is 2.18. The molecule has 25 heavy (non-hydrogen) atoms. The van der Waals surface area contributed by atoms with Gasteiger partial charge in [0.15, 0.2) is 0 Å². The van der Waals surface area contributed by atoms with Gasteiger partial charge in [-0.3, -0.25) is 14.6 Å². The Morgan fingerprint density at radius 3 is 2.36 bits per heavy atom. The Hall–Kier alpha value is -2.89. The molecule has 0 aliphatic carbocycles. The van der Waals surface area contributed by atoms with Crippen LogP contribution in [0.25, 0.3) is 0 Å². The van der Waals surface area contributed by atoms with Crippen molar-refractivity contribution in [3.05, 3.63) is 53.9 Å². The zero-order valence-electron chi connectivity index (χ0n) is 14.5. The minimum absolute atomic E-state index is 0.104. The molecular weight excluding hydrogens is 316 g/mol. The van der Waals surface area contributed by atoms with Crippen molar-refractivity contribution in [2.24, 2.45) is 0 Å². The third-order valence-electron chi connectivity index (χ3n) is 4.38. The van der Waals surface area contributed by atoms with Crippen molar-refractivity contribution >= 4 is 23.2 Å². The number of piperazine rings is 1. The van der Waals surface area contributed by atoms with Crippen molar-refractivity contribution in [2.45, 2.75) is 13.8 Å². The number of aryl methyl sites for hydroxylation is 1. The van der Waals surface area contributed by atoms with E-state index in [1.165, 1.54) is 0 Å². The van der Waals surface area contributed by atoms with Crippen LogP contribution in [-0.4, -0.2) is 47.9 Å². The van der Waals surface area contributed by atoms with Crippen LogP contribution in [0.2, 0.25) is 0 Å². The monoisotopic (exact) mass is 338 g/mol. The number of hydrogen-bond acceptors (Lipinski definition) is 4. The van der Waals surface area contributed by atoms with Crippen molar-refractivity contribution in [3.8, 4) is 0 Å². The average molecular weight is 338 g/mol. The van der Waals surface area contributed by atoms with Crippen LogP contribution in [0.5, 0.6) is 0 Å². The molecule has 2 amide bonds. The van der Waals surface area contributed by atoms with E-state index in [1.807, 2.05) is 42.2 Å². The van der Waals surface area contributed by atoms with Gasteiger partial charge >= 0.3 is 0 Å². The molecule has 0 radical (unpaired) electrons. The summed E-state index contributed by atoms with van der Waals surface area (Å²) in [4.78, 5) is 32.0. The van der Waals surface area contributed by atoms with Crippen molar-refractivity contribution in [1.29, 1.82) is 0 Å². The van der Waals surface area contributed by atoms with Gasteiger partial charge < -0.3 is 15.1 Å². The lowest BCUT2D eigenvalue weighted by Crippen LogP contribution is -2.48. The lowest BCUT2D eigenvalue weighted by molar-refractivity contribution is -0.129. The summed E-state index contributed by atoms with van der Waals surface area (Å²) < 4.78 is 0. The fourth-order valence-electron chi connectivity index (χ4n) is 2.85. The summed E-state index contributed by atoms with van der Waals surface area (Å²) in [6, 6.07) is 11.3. The summed E-state index contributed by atoms with van der Waals surface area (Å²) in [7, 11) is 0. The highest BCUT2D eigenvalue weighted by Gasteiger charge is 2.19. The Morgan fingerprint density at radius 1 is 1.04 bits per heavy atom. The Kier molecular flexibility index (Phi) is 4.97. The third kappa shape index (κ3) is 4.15. The van der Waals surface area contributed by atoms with E-state index < -0.39 is 0 Å². The Morgan fingerprint density at radius 2 is 1.72 bits per heavy atom. The zero-order valence-corrected chi connectivity index (χ0v) is 14.5. The van der Waals surface area contributed by atoms with Crippen LogP contribution >= 0.6 is 0 Å². The zero-order chi connectivity index (χ0) is 17.8. The quantitative estimate of drug-likeness (QED) is 0.933. The second-order valence-electron chi connectivity index (χ2n) is 6.21. The molecule has 1 aromatic carbocycles. The van der Waals surface area contributed by atoms with Crippen LogP contribution in [0.3, 0.4) is 0 Å². The van der Waals surface area contributed by atoms with Gasteiger partial charge in [-0.15, -0.1) is 0 Å². The molecule has 130 valence electrons. The molecule has 0 unspecified atom stereocenters. The maximum absolute atomic E-state index is 12.4. The molecule has 1 saturated heterocycles. The summed E-state index contributed by atoms with van der Waals surface area (Å²) in [5.41, 5.74) is 3.22. The van der Waals surface area contributed by atoms with Gasteiger partial charge in [0.1, 0.15) is 5.69 Å². The summed E-state index contributed by atoms with van der Waals surface area (Å²) >= 11 is 0. The summed E-state index contributed by atoms with van der Waals surface area (Å²) in [6.07, 6.45) is 1.65. The first kappa shape index (κ1) is 17.0. The number of nitrogens with one attached hydrogen (secondary N) is 1. The molecule has 2 heterocycles. The summed E-state index contributed by atoms with van der Waals surface area (Å²) in [5.74, 6) is -0.124.